The number of ether oxygens (including phenoxy) is 1. The summed E-state index contributed by atoms with van der Waals surface area (Å²) >= 11 is 0. The summed E-state index contributed by atoms with van der Waals surface area (Å²) in [4.78, 5) is 22.3. The third-order valence-electron chi connectivity index (χ3n) is 5.92. The van der Waals surface area contributed by atoms with Crippen LogP contribution in [0.1, 0.15) is 36.0 Å². The summed E-state index contributed by atoms with van der Waals surface area (Å²) in [6.07, 6.45) is 3.67. The maximum Gasteiger partial charge on any atom is 0.263 e. The van der Waals surface area contributed by atoms with Crippen molar-refractivity contribution in [2.24, 2.45) is 0 Å². The molecule has 1 aliphatic rings. The lowest BCUT2D eigenvalue weighted by Gasteiger charge is -2.22. The molecule has 35 heavy (non-hydrogen) atoms. The summed E-state index contributed by atoms with van der Waals surface area (Å²) in [5, 5.41) is 10.6. The highest BCUT2D eigenvalue weighted by Gasteiger charge is 2.29. The third-order valence-corrected chi connectivity index (χ3v) is 5.92. The van der Waals surface area contributed by atoms with Crippen LogP contribution in [0.3, 0.4) is 0 Å². The minimum absolute atomic E-state index is 0.0696. The molecule has 9 heteroatoms. The van der Waals surface area contributed by atoms with Crippen LogP contribution in [0.15, 0.2) is 73.7 Å². The number of halogens is 2. The van der Waals surface area contributed by atoms with Crippen molar-refractivity contribution in [2.75, 3.05) is 13.1 Å². The van der Waals surface area contributed by atoms with Crippen molar-refractivity contribution in [3.05, 3.63) is 90.4 Å². The number of nitrogens with two attached hydrogens (primary N) is 1. The largest absolute Gasteiger partial charge is 0.457 e. The molecular formula is C26H26F2N5O2+. The summed E-state index contributed by atoms with van der Waals surface area (Å²) in [7, 11) is 0. The van der Waals surface area contributed by atoms with Crippen LogP contribution in [0.5, 0.6) is 11.5 Å². The molecular weight excluding hydrogens is 452 g/mol. The SMILES string of the molecule is C=CC(=O)N1CCCC1C[NH2+]c1ncncc1C(=N)c1ccc(Oc2cccc(C(F)F)c2)cc1. The molecule has 1 amide bonds. The van der Waals surface area contributed by atoms with Gasteiger partial charge in [-0.05, 0) is 55.3 Å². The van der Waals surface area contributed by atoms with Gasteiger partial charge < -0.3 is 9.64 Å². The molecule has 1 unspecified atom stereocenters. The molecule has 1 atom stereocenters. The molecule has 1 saturated heterocycles. The van der Waals surface area contributed by atoms with Crippen molar-refractivity contribution in [1.82, 2.24) is 14.9 Å². The number of hydrogen-bond acceptors (Lipinski definition) is 5. The number of hydrogen-bond donors (Lipinski definition) is 2. The van der Waals surface area contributed by atoms with Gasteiger partial charge in [0.1, 0.15) is 24.4 Å². The van der Waals surface area contributed by atoms with Crippen LogP contribution in [0, 0.1) is 5.41 Å². The molecule has 1 aliphatic heterocycles. The van der Waals surface area contributed by atoms with Gasteiger partial charge in [-0.1, -0.05) is 18.7 Å². The summed E-state index contributed by atoms with van der Waals surface area (Å²) in [6, 6.07) is 12.7. The molecule has 0 saturated carbocycles. The van der Waals surface area contributed by atoms with E-state index in [1.807, 2.05) is 10.2 Å². The maximum atomic E-state index is 12.9. The fourth-order valence-corrected chi connectivity index (χ4v) is 4.13. The first-order valence-electron chi connectivity index (χ1n) is 11.3. The lowest BCUT2D eigenvalue weighted by atomic mass is 10.0. The van der Waals surface area contributed by atoms with E-state index >= 15 is 0 Å². The Bertz CT molecular complexity index is 1220. The minimum Gasteiger partial charge on any atom is -0.457 e. The number of benzene rings is 2. The van der Waals surface area contributed by atoms with Crippen molar-refractivity contribution in [1.29, 1.82) is 5.41 Å². The van der Waals surface area contributed by atoms with Crippen LogP contribution in [0.25, 0.3) is 0 Å². The zero-order valence-corrected chi connectivity index (χ0v) is 19.0. The molecule has 1 fully saturated rings. The zero-order chi connectivity index (χ0) is 24.8. The molecule has 4 rings (SSSR count). The van der Waals surface area contributed by atoms with Gasteiger partial charge in [0.2, 0.25) is 11.7 Å². The van der Waals surface area contributed by atoms with E-state index in [4.69, 9.17) is 10.1 Å². The molecule has 2 heterocycles. The number of rotatable bonds is 9. The Morgan fingerprint density at radius 1 is 1.26 bits per heavy atom. The molecule has 2 aromatic carbocycles. The average Bonchev–Trinajstić information content (AvgIpc) is 3.36. The quantitative estimate of drug-likeness (QED) is 0.359. The second kappa shape index (κ2) is 11.0. The Labute approximate surface area is 202 Å². The van der Waals surface area contributed by atoms with Crippen LogP contribution in [0.2, 0.25) is 0 Å². The van der Waals surface area contributed by atoms with Gasteiger partial charge in [0.15, 0.2) is 0 Å². The second-order valence-corrected chi connectivity index (χ2v) is 8.17. The predicted molar refractivity (Wildman–Crippen MR) is 127 cm³/mol. The topological polar surface area (TPSA) is 95.8 Å². The monoisotopic (exact) mass is 478 g/mol. The number of alkyl halides is 2. The first kappa shape index (κ1) is 24.2. The fraction of sp³-hybridized carbons (Fsp3) is 0.231. The van der Waals surface area contributed by atoms with Crippen molar-refractivity contribution in [3.63, 3.8) is 0 Å². The van der Waals surface area contributed by atoms with E-state index in [0.29, 0.717) is 35.0 Å². The highest BCUT2D eigenvalue weighted by Crippen LogP contribution is 2.27. The zero-order valence-electron chi connectivity index (χ0n) is 19.0. The highest BCUT2D eigenvalue weighted by atomic mass is 19.3. The van der Waals surface area contributed by atoms with Crippen LogP contribution in [0.4, 0.5) is 14.6 Å². The number of carbonyl (C=O) groups excluding carboxylic acids is 1. The normalized spacial score (nSPS) is 15.3. The van der Waals surface area contributed by atoms with Gasteiger partial charge in [-0.3, -0.25) is 15.5 Å². The molecule has 7 nitrogen and oxygen atoms in total. The van der Waals surface area contributed by atoms with Gasteiger partial charge in [0, 0.05) is 23.9 Å². The average molecular weight is 479 g/mol. The first-order valence-corrected chi connectivity index (χ1v) is 11.3. The smallest absolute Gasteiger partial charge is 0.263 e. The van der Waals surface area contributed by atoms with E-state index in [-0.39, 0.29) is 23.2 Å². The molecule has 1 aromatic heterocycles. The fourth-order valence-electron chi connectivity index (χ4n) is 4.13. The molecule has 0 bridgehead atoms. The Morgan fingerprint density at radius 3 is 2.80 bits per heavy atom. The first-order chi connectivity index (χ1) is 17.0. The van der Waals surface area contributed by atoms with E-state index in [2.05, 4.69) is 16.5 Å². The van der Waals surface area contributed by atoms with Crippen LogP contribution in [-0.2, 0) is 4.79 Å². The number of amides is 1. The number of nitrogens with one attached hydrogen (secondary N) is 1. The molecule has 0 spiro atoms. The van der Waals surface area contributed by atoms with Crippen molar-refractivity contribution < 1.29 is 23.6 Å². The van der Waals surface area contributed by atoms with Gasteiger partial charge in [-0.25, -0.2) is 13.8 Å². The number of aromatic nitrogens is 2. The molecule has 0 aliphatic carbocycles. The third kappa shape index (κ3) is 5.75. The van der Waals surface area contributed by atoms with Crippen LogP contribution < -0.4 is 10.1 Å². The van der Waals surface area contributed by atoms with Crippen molar-refractivity contribution in [3.8, 4) is 11.5 Å². The lowest BCUT2D eigenvalue weighted by molar-refractivity contribution is -0.579. The number of carbonyl (C=O) groups is 1. The van der Waals surface area contributed by atoms with E-state index in [0.717, 1.165) is 19.4 Å². The van der Waals surface area contributed by atoms with Crippen LogP contribution in [-0.4, -0.2) is 45.6 Å². The summed E-state index contributed by atoms with van der Waals surface area (Å²) < 4.78 is 31.5. The summed E-state index contributed by atoms with van der Waals surface area (Å²) in [6.45, 7) is 4.93. The van der Waals surface area contributed by atoms with E-state index in [9.17, 15) is 13.6 Å². The molecule has 180 valence electrons. The Kier molecular flexibility index (Phi) is 7.57. The maximum absolute atomic E-state index is 12.9. The van der Waals surface area contributed by atoms with Crippen molar-refractivity contribution >= 4 is 17.4 Å². The Hall–Kier alpha value is -3.98. The molecule has 3 aromatic rings. The number of likely N-dealkylation sites (tertiary alicyclic amines) is 1. The standard InChI is InChI=1S/C26H25F2N5O2/c1-2-23(34)33-12-4-6-19(33)14-31-26-22(15-30-16-32-26)24(29)17-8-10-20(11-9-17)35-21-7-3-5-18(13-21)25(27)28/h2-3,5,7-11,13,15-16,19,25,29H,1,4,6,12,14H2,(H,30,31,32)/p+1. The lowest BCUT2D eigenvalue weighted by Crippen LogP contribution is -2.82. The molecule has 3 N–H and O–H groups in total. The Balaban J connectivity index is 1.45. The Morgan fingerprint density at radius 2 is 2.06 bits per heavy atom. The summed E-state index contributed by atoms with van der Waals surface area (Å²) in [5.74, 6) is 1.35. The number of nitrogens with zero attached hydrogens (tertiary/aromatic N) is 3. The van der Waals surface area contributed by atoms with Gasteiger partial charge >= 0.3 is 0 Å². The van der Waals surface area contributed by atoms with Crippen LogP contribution >= 0.6 is 0 Å². The van der Waals surface area contributed by atoms with Gasteiger partial charge in [-0.2, -0.15) is 4.98 Å². The minimum atomic E-state index is -2.57. The highest BCUT2D eigenvalue weighted by molar-refractivity contribution is 6.12. The summed E-state index contributed by atoms with van der Waals surface area (Å²) in [5.41, 5.74) is 1.34. The second-order valence-electron chi connectivity index (χ2n) is 8.17. The van der Waals surface area contributed by atoms with E-state index in [1.165, 1.54) is 30.6 Å². The van der Waals surface area contributed by atoms with Gasteiger partial charge in [-0.15, -0.1) is 0 Å². The van der Waals surface area contributed by atoms with Gasteiger partial charge in [0.25, 0.3) is 6.43 Å². The van der Waals surface area contributed by atoms with Gasteiger partial charge in [0.05, 0.1) is 17.3 Å². The van der Waals surface area contributed by atoms with E-state index < -0.39 is 6.43 Å². The van der Waals surface area contributed by atoms with E-state index in [1.54, 1.807) is 36.5 Å². The predicted octanol–water partition coefficient (Wildman–Crippen LogP) is 3.99. The number of quaternary nitrogens is 1. The van der Waals surface area contributed by atoms with Crippen molar-refractivity contribution in [2.45, 2.75) is 25.3 Å². The molecule has 0 radical (unpaired) electrons.